The van der Waals surface area contributed by atoms with Gasteiger partial charge in [-0.25, -0.2) is 4.98 Å². The molecule has 2 aromatic rings. The first kappa shape index (κ1) is 11.0. The van der Waals surface area contributed by atoms with Gasteiger partial charge in [-0.2, -0.15) is 0 Å². The molecular formula is C13H17N3S. The first-order chi connectivity index (χ1) is 8.42. The van der Waals surface area contributed by atoms with E-state index in [0.717, 1.165) is 13.1 Å². The third kappa shape index (κ3) is 2.58. The van der Waals surface area contributed by atoms with Gasteiger partial charge in [-0.1, -0.05) is 6.07 Å². The molecule has 0 saturated carbocycles. The number of hydrogen-bond acceptors (Lipinski definition) is 3. The Kier molecular flexibility index (Phi) is 3.25. The summed E-state index contributed by atoms with van der Waals surface area (Å²) in [5.74, 6) is 0. The average molecular weight is 247 g/mol. The average Bonchev–Trinajstić information content (AvgIpc) is 3.04. The molecule has 1 fully saturated rings. The molecule has 0 spiro atoms. The van der Waals surface area contributed by atoms with E-state index in [1.54, 1.807) is 0 Å². The van der Waals surface area contributed by atoms with Crippen molar-refractivity contribution < 1.29 is 0 Å². The van der Waals surface area contributed by atoms with E-state index < -0.39 is 0 Å². The van der Waals surface area contributed by atoms with Crippen molar-refractivity contribution in [1.82, 2.24) is 14.5 Å². The van der Waals surface area contributed by atoms with E-state index in [-0.39, 0.29) is 0 Å². The van der Waals surface area contributed by atoms with E-state index in [4.69, 9.17) is 0 Å². The highest BCUT2D eigenvalue weighted by Crippen LogP contribution is 2.23. The van der Waals surface area contributed by atoms with Gasteiger partial charge in [-0.3, -0.25) is 4.90 Å². The number of nitrogens with zero attached hydrogens (tertiary/aromatic N) is 3. The Hall–Kier alpha value is -1.13. The van der Waals surface area contributed by atoms with Crippen molar-refractivity contribution in [1.29, 1.82) is 0 Å². The summed E-state index contributed by atoms with van der Waals surface area (Å²) in [4.78, 5) is 8.19. The summed E-state index contributed by atoms with van der Waals surface area (Å²) in [6.07, 6.45) is 8.47. The third-order valence-electron chi connectivity index (χ3n) is 3.42. The van der Waals surface area contributed by atoms with Crippen LogP contribution < -0.4 is 0 Å². The topological polar surface area (TPSA) is 21.1 Å². The summed E-state index contributed by atoms with van der Waals surface area (Å²) in [5.41, 5.74) is 0. The van der Waals surface area contributed by atoms with Crippen LogP contribution in [0.25, 0.3) is 0 Å². The highest BCUT2D eigenvalue weighted by molar-refractivity contribution is 7.09. The van der Waals surface area contributed by atoms with E-state index in [1.807, 2.05) is 23.9 Å². The normalized spacial score (nSPS) is 21.1. The second-order valence-corrected chi connectivity index (χ2v) is 5.64. The molecule has 1 aliphatic heterocycles. The Morgan fingerprint density at radius 2 is 2.47 bits per heavy atom. The third-order valence-corrected chi connectivity index (χ3v) is 4.28. The van der Waals surface area contributed by atoms with Crippen molar-refractivity contribution in [2.45, 2.75) is 32.0 Å². The van der Waals surface area contributed by atoms with E-state index in [0.29, 0.717) is 6.04 Å². The van der Waals surface area contributed by atoms with Crippen LogP contribution in [0.4, 0.5) is 0 Å². The van der Waals surface area contributed by atoms with E-state index in [2.05, 4.69) is 38.2 Å². The van der Waals surface area contributed by atoms with Crippen LogP contribution in [-0.4, -0.2) is 27.0 Å². The number of likely N-dealkylation sites (tertiary alicyclic amines) is 1. The molecule has 3 rings (SSSR count). The number of thiophene rings is 1. The van der Waals surface area contributed by atoms with Crippen LogP contribution in [0, 0.1) is 0 Å². The SMILES string of the molecule is c1csc(CN2CCC[C@H]2Cn2ccnc2)c1. The zero-order valence-electron chi connectivity index (χ0n) is 9.83. The quantitative estimate of drug-likeness (QED) is 0.828. The lowest BCUT2D eigenvalue weighted by molar-refractivity contribution is 0.226. The smallest absolute Gasteiger partial charge is 0.0946 e. The lowest BCUT2D eigenvalue weighted by Gasteiger charge is -2.24. The van der Waals surface area contributed by atoms with Gasteiger partial charge in [-0.05, 0) is 30.8 Å². The molecule has 1 aliphatic rings. The highest BCUT2D eigenvalue weighted by Gasteiger charge is 2.24. The van der Waals surface area contributed by atoms with Gasteiger partial charge < -0.3 is 4.57 Å². The van der Waals surface area contributed by atoms with Crippen molar-refractivity contribution in [2.75, 3.05) is 6.54 Å². The van der Waals surface area contributed by atoms with Crippen molar-refractivity contribution >= 4 is 11.3 Å². The molecule has 0 radical (unpaired) electrons. The summed E-state index contributed by atoms with van der Waals surface area (Å²) in [5, 5.41) is 2.16. The predicted octanol–water partition coefficient (Wildman–Crippen LogP) is 2.61. The second-order valence-electron chi connectivity index (χ2n) is 4.61. The Bertz CT molecular complexity index is 393. The minimum atomic E-state index is 0.672. The van der Waals surface area contributed by atoms with Crippen LogP contribution in [0.5, 0.6) is 0 Å². The van der Waals surface area contributed by atoms with Gasteiger partial charge in [0.1, 0.15) is 0 Å². The van der Waals surface area contributed by atoms with E-state index in [1.165, 1.54) is 24.3 Å². The lowest BCUT2D eigenvalue weighted by Crippen LogP contribution is -2.31. The molecule has 1 saturated heterocycles. The Morgan fingerprint density at radius 3 is 3.24 bits per heavy atom. The number of aromatic nitrogens is 2. The van der Waals surface area contributed by atoms with Gasteiger partial charge in [0.25, 0.3) is 0 Å². The molecule has 0 unspecified atom stereocenters. The molecule has 2 aromatic heterocycles. The first-order valence-electron chi connectivity index (χ1n) is 6.14. The maximum atomic E-state index is 4.11. The molecule has 0 aliphatic carbocycles. The molecule has 0 aromatic carbocycles. The number of hydrogen-bond donors (Lipinski definition) is 0. The van der Waals surface area contributed by atoms with E-state index in [9.17, 15) is 0 Å². The van der Waals surface area contributed by atoms with E-state index >= 15 is 0 Å². The van der Waals surface area contributed by atoms with Crippen LogP contribution in [0.15, 0.2) is 36.2 Å². The predicted molar refractivity (Wildman–Crippen MR) is 70.0 cm³/mol. The van der Waals surface area contributed by atoms with Crippen molar-refractivity contribution in [3.8, 4) is 0 Å². The maximum absolute atomic E-state index is 4.11. The standard InChI is InChI=1S/C13H17N3S/c1-3-12(9-15-7-5-14-11-15)16(6-1)10-13-4-2-8-17-13/h2,4-5,7-8,11-12H,1,3,6,9-10H2/t12-/m0/s1. The second kappa shape index (κ2) is 5.02. The zero-order valence-corrected chi connectivity index (χ0v) is 10.6. The zero-order chi connectivity index (χ0) is 11.5. The molecule has 3 nitrogen and oxygen atoms in total. The van der Waals surface area contributed by atoms with Crippen LogP contribution in [0.1, 0.15) is 17.7 Å². The highest BCUT2D eigenvalue weighted by atomic mass is 32.1. The maximum Gasteiger partial charge on any atom is 0.0946 e. The molecule has 0 bridgehead atoms. The van der Waals surface area contributed by atoms with Gasteiger partial charge in [0.05, 0.1) is 6.33 Å². The van der Waals surface area contributed by atoms with Crippen molar-refractivity contribution in [2.24, 2.45) is 0 Å². The summed E-state index contributed by atoms with van der Waals surface area (Å²) >= 11 is 1.86. The van der Waals surface area contributed by atoms with Crippen LogP contribution in [0.2, 0.25) is 0 Å². The Balaban J connectivity index is 1.63. The first-order valence-corrected chi connectivity index (χ1v) is 7.02. The number of imidazole rings is 1. The molecule has 1 atom stereocenters. The fourth-order valence-electron chi connectivity index (χ4n) is 2.55. The molecule has 0 N–H and O–H groups in total. The van der Waals surface area contributed by atoms with Crippen LogP contribution in [0.3, 0.4) is 0 Å². The van der Waals surface area contributed by atoms with Crippen molar-refractivity contribution in [3.63, 3.8) is 0 Å². The van der Waals surface area contributed by atoms with Gasteiger partial charge in [0.15, 0.2) is 0 Å². The summed E-state index contributed by atoms with van der Waals surface area (Å²) in [6.45, 7) is 3.42. The van der Waals surface area contributed by atoms with Crippen LogP contribution in [-0.2, 0) is 13.1 Å². The number of rotatable bonds is 4. The molecule has 3 heterocycles. The summed E-state index contributed by atoms with van der Waals surface area (Å²) in [7, 11) is 0. The van der Waals surface area contributed by atoms with Gasteiger partial charge in [0.2, 0.25) is 0 Å². The summed E-state index contributed by atoms with van der Waals surface area (Å²) < 4.78 is 2.19. The lowest BCUT2D eigenvalue weighted by atomic mass is 10.2. The molecule has 4 heteroatoms. The van der Waals surface area contributed by atoms with Gasteiger partial charge in [-0.15, -0.1) is 11.3 Å². The van der Waals surface area contributed by atoms with Crippen molar-refractivity contribution in [3.05, 3.63) is 41.1 Å². The van der Waals surface area contributed by atoms with Gasteiger partial charge >= 0.3 is 0 Å². The molecule has 17 heavy (non-hydrogen) atoms. The van der Waals surface area contributed by atoms with Gasteiger partial charge in [0, 0.05) is 36.4 Å². The molecule has 90 valence electrons. The Morgan fingerprint density at radius 1 is 1.47 bits per heavy atom. The minimum Gasteiger partial charge on any atom is -0.336 e. The molecular weight excluding hydrogens is 230 g/mol. The van der Waals surface area contributed by atoms with Crippen LogP contribution >= 0.6 is 11.3 Å². The molecule has 0 amide bonds. The monoisotopic (exact) mass is 247 g/mol. The largest absolute Gasteiger partial charge is 0.336 e. The Labute approximate surface area is 106 Å². The fourth-order valence-corrected chi connectivity index (χ4v) is 3.28. The minimum absolute atomic E-state index is 0.672. The fraction of sp³-hybridized carbons (Fsp3) is 0.462. The summed E-state index contributed by atoms with van der Waals surface area (Å²) in [6, 6.07) is 5.05.